The Kier molecular flexibility index (Phi) is 6.33. The quantitative estimate of drug-likeness (QED) is 0.372. The first-order valence-electron chi connectivity index (χ1n) is 9.59. The summed E-state index contributed by atoms with van der Waals surface area (Å²) in [6.45, 7) is 2.89. The maximum absolute atomic E-state index is 11.7. The zero-order valence-corrected chi connectivity index (χ0v) is 19.0. The van der Waals surface area contributed by atoms with Crippen LogP contribution in [-0.4, -0.2) is 28.2 Å². The standard InChI is InChI=1S/C20H20ClN5O3S2/c1-2-3-10-26-17-9-8-15(31(22,27)28)11-16(17)23-18(26)12-30-20-25-24-19(29-20)13-4-6-14(21)7-5-13/h4-9,11H,2-3,10,12H2,1H3,(H2,22,27,28). The normalized spacial score (nSPS) is 12.0. The number of fused-ring (bicyclic) bond motifs is 1. The van der Waals surface area contributed by atoms with Crippen LogP contribution in [0.15, 0.2) is 57.0 Å². The van der Waals surface area contributed by atoms with Crippen LogP contribution in [-0.2, 0) is 22.3 Å². The third-order valence-corrected chi connectivity index (χ3v) is 6.66. The second-order valence-electron chi connectivity index (χ2n) is 6.90. The Morgan fingerprint density at radius 2 is 1.94 bits per heavy atom. The van der Waals surface area contributed by atoms with Crippen LogP contribution in [0.4, 0.5) is 0 Å². The second kappa shape index (κ2) is 8.99. The third-order valence-electron chi connectivity index (χ3n) is 4.68. The number of nitrogens with two attached hydrogens (primary N) is 1. The lowest BCUT2D eigenvalue weighted by molar-refractivity contribution is 0.465. The Morgan fingerprint density at radius 1 is 1.16 bits per heavy atom. The van der Waals surface area contributed by atoms with E-state index in [1.807, 2.05) is 12.1 Å². The number of sulfonamides is 1. The Hall–Kier alpha value is -2.40. The van der Waals surface area contributed by atoms with Gasteiger partial charge in [-0.2, -0.15) is 0 Å². The van der Waals surface area contributed by atoms with Crippen molar-refractivity contribution in [2.24, 2.45) is 5.14 Å². The smallest absolute Gasteiger partial charge is 0.277 e. The number of hydrogen-bond donors (Lipinski definition) is 1. The molecule has 11 heteroatoms. The molecule has 0 fully saturated rings. The van der Waals surface area contributed by atoms with E-state index in [0.29, 0.717) is 27.4 Å². The zero-order valence-electron chi connectivity index (χ0n) is 16.7. The molecule has 2 heterocycles. The average Bonchev–Trinajstić information content (AvgIpc) is 3.34. The van der Waals surface area contributed by atoms with Crippen molar-refractivity contribution in [3.8, 4) is 11.5 Å². The van der Waals surface area contributed by atoms with E-state index in [4.69, 9.17) is 21.2 Å². The van der Waals surface area contributed by atoms with Crippen LogP contribution in [0.1, 0.15) is 25.6 Å². The van der Waals surface area contributed by atoms with Crippen molar-refractivity contribution in [3.63, 3.8) is 0 Å². The van der Waals surface area contributed by atoms with Crippen molar-refractivity contribution >= 4 is 44.4 Å². The third kappa shape index (κ3) is 4.93. The molecule has 31 heavy (non-hydrogen) atoms. The molecule has 2 N–H and O–H groups in total. The summed E-state index contributed by atoms with van der Waals surface area (Å²) in [6.07, 6.45) is 2.00. The fraction of sp³-hybridized carbons (Fsp3) is 0.250. The van der Waals surface area contributed by atoms with Gasteiger partial charge in [0.05, 0.1) is 21.7 Å². The first-order chi connectivity index (χ1) is 14.8. The van der Waals surface area contributed by atoms with Gasteiger partial charge in [0.25, 0.3) is 5.22 Å². The second-order valence-corrected chi connectivity index (χ2v) is 9.82. The van der Waals surface area contributed by atoms with Gasteiger partial charge in [-0.15, -0.1) is 10.2 Å². The number of aromatic nitrogens is 4. The Labute approximate surface area is 188 Å². The van der Waals surface area contributed by atoms with E-state index in [1.54, 1.807) is 18.2 Å². The summed E-state index contributed by atoms with van der Waals surface area (Å²) in [6, 6.07) is 11.9. The highest BCUT2D eigenvalue weighted by atomic mass is 35.5. The number of imidazole rings is 1. The number of rotatable bonds is 8. The lowest BCUT2D eigenvalue weighted by Gasteiger charge is -2.07. The molecule has 0 bridgehead atoms. The number of benzene rings is 2. The number of thioether (sulfide) groups is 1. The van der Waals surface area contributed by atoms with Crippen LogP contribution < -0.4 is 5.14 Å². The predicted octanol–water partition coefficient (Wildman–Crippen LogP) is 4.48. The highest BCUT2D eigenvalue weighted by molar-refractivity contribution is 7.98. The van der Waals surface area contributed by atoms with E-state index in [1.165, 1.54) is 23.9 Å². The van der Waals surface area contributed by atoms with Crippen molar-refractivity contribution in [1.82, 2.24) is 19.7 Å². The summed E-state index contributed by atoms with van der Waals surface area (Å²) in [5.41, 5.74) is 2.24. The van der Waals surface area contributed by atoms with Gasteiger partial charge >= 0.3 is 0 Å². The van der Waals surface area contributed by atoms with Crippen molar-refractivity contribution in [2.75, 3.05) is 0 Å². The van der Waals surface area contributed by atoms with Crippen LogP contribution in [0.25, 0.3) is 22.5 Å². The molecule has 4 rings (SSSR count). The van der Waals surface area contributed by atoms with E-state index in [0.717, 1.165) is 36.3 Å². The summed E-state index contributed by atoms with van der Waals surface area (Å²) in [5.74, 6) is 1.70. The average molecular weight is 478 g/mol. The molecule has 0 unspecified atom stereocenters. The minimum absolute atomic E-state index is 0.0452. The van der Waals surface area contributed by atoms with Crippen molar-refractivity contribution in [3.05, 3.63) is 53.3 Å². The van der Waals surface area contributed by atoms with Gasteiger partial charge in [0.15, 0.2) is 0 Å². The molecule has 0 radical (unpaired) electrons. The van der Waals surface area contributed by atoms with Gasteiger partial charge in [-0.3, -0.25) is 0 Å². The lowest BCUT2D eigenvalue weighted by Crippen LogP contribution is -2.11. The van der Waals surface area contributed by atoms with E-state index in [2.05, 4.69) is 26.7 Å². The Bertz CT molecular complexity index is 1320. The molecular weight excluding hydrogens is 458 g/mol. The monoisotopic (exact) mass is 477 g/mol. The van der Waals surface area contributed by atoms with E-state index in [-0.39, 0.29) is 4.90 Å². The molecule has 0 spiro atoms. The first-order valence-corrected chi connectivity index (χ1v) is 12.5. The van der Waals surface area contributed by atoms with Crippen LogP contribution in [0.5, 0.6) is 0 Å². The topological polar surface area (TPSA) is 117 Å². The van der Waals surface area contributed by atoms with Crippen LogP contribution in [0.2, 0.25) is 5.02 Å². The molecular formula is C20H20ClN5O3S2. The van der Waals surface area contributed by atoms with E-state index in [9.17, 15) is 8.42 Å². The van der Waals surface area contributed by atoms with Crippen LogP contribution >= 0.6 is 23.4 Å². The minimum atomic E-state index is -3.79. The molecule has 0 aliphatic carbocycles. The molecule has 0 aliphatic heterocycles. The summed E-state index contributed by atoms with van der Waals surface area (Å²) in [4.78, 5) is 4.69. The van der Waals surface area contributed by atoms with Gasteiger partial charge in [0.2, 0.25) is 15.9 Å². The molecule has 8 nitrogen and oxygen atoms in total. The predicted molar refractivity (Wildman–Crippen MR) is 120 cm³/mol. The van der Waals surface area contributed by atoms with Crippen LogP contribution in [0.3, 0.4) is 0 Å². The summed E-state index contributed by atoms with van der Waals surface area (Å²) >= 11 is 7.29. The highest BCUT2D eigenvalue weighted by Gasteiger charge is 2.16. The fourth-order valence-electron chi connectivity index (χ4n) is 3.12. The van der Waals surface area contributed by atoms with Gasteiger partial charge in [-0.25, -0.2) is 18.5 Å². The van der Waals surface area contributed by atoms with Crippen molar-refractivity contribution in [2.45, 2.75) is 42.2 Å². The van der Waals surface area contributed by atoms with Crippen LogP contribution in [0, 0.1) is 0 Å². The molecule has 0 atom stereocenters. The van der Waals surface area contributed by atoms with Gasteiger partial charge in [-0.1, -0.05) is 36.7 Å². The van der Waals surface area contributed by atoms with E-state index >= 15 is 0 Å². The Morgan fingerprint density at radius 3 is 2.65 bits per heavy atom. The molecule has 0 aliphatic rings. The molecule has 0 amide bonds. The number of primary sulfonamides is 1. The fourth-order valence-corrected chi connectivity index (χ4v) is 4.48. The van der Waals surface area contributed by atoms with Gasteiger partial charge in [0.1, 0.15) is 5.82 Å². The maximum atomic E-state index is 11.7. The van der Waals surface area contributed by atoms with Gasteiger partial charge in [0, 0.05) is 17.1 Å². The Balaban J connectivity index is 1.59. The first kappa shape index (κ1) is 21.8. The molecule has 2 aromatic heterocycles. The molecule has 0 saturated carbocycles. The van der Waals surface area contributed by atoms with Crippen molar-refractivity contribution in [1.29, 1.82) is 0 Å². The molecule has 0 saturated heterocycles. The minimum Gasteiger partial charge on any atom is -0.411 e. The molecule has 2 aromatic carbocycles. The number of halogens is 1. The van der Waals surface area contributed by atoms with Gasteiger partial charge < -0.3 is 8.98 Å². The summed E-state index contributed by atoms with van der Waals surface area (Å²) < 4.78 is 31.2. The van der Waals surface area contributed by atoms with Crippen molar-refractivity contribution < 1.29 is 12.8 Å². The number of hydrogen-bond acceptors (Lipinski definition) is 7. The summed E-state index contributed by atoms with van der Waals surface area (Å²) in [7, 11) is -3.79. The lowest BCUT2D eigenvalue weighted by atomic mass is 10.2. The summed E-state index contributed by atoms with van der Waals surface area (Å²) in [5, 5.41) is 14.5. The maximum Gasteiger partial charge on any atom is 0.277 e. The number of unbranched alkanes of at least 4 members (excludes halogenated alkanes) is 1. The van der Waals surface area contributed by atoms with E-state index < -0.39 is 10.0 Å². The highest BCUT2D eigenvalue weighted by Crippen LogP contribution is 2.28. The largest absolute Gasteiger partial charge is 0.411 e. The van der Waals surface area contributed by atoms with Gasteiger partial charge in [-0.05, 0) is 48.9 Å². The SMILES string of the molecule is CCCCn1c(CSc2nnc(-c3ccc(Cl)cc3)o2)nc2cc(S(N)(=O)=O)ccc21. The number of aryl methyl sites for hydroxylation is 1. The zero-order chi connectivity index (χ0) is 22.0. The molecule has 4 aromatic rings. The number of nitrogens with zero attached hydrogens (tertiary/aromatic N) is 4. The molecule has 162 valence electrons.